The molecular weight excluding hydrogens is 552 g/mol. The fourth-order valence-electron chi connectivity index (χ4n) is 5.63. The summed E-state index contributed by atoms with van der Waals surface area (Å²) in [6.45, 7) is 0.625. The zero-order valence-corrected chi connectivity index (χ0v) is 24.7. The maximum atomic E-state index is 12.5. The number of hydrogen-bond donors (Lipinski definition) is 6. The lowest BCUT2D eigenvalue weighted by Crippen LogP contribution is -2.65. The Balaban J connectivity index is 1.72. The molecule has 0 saturated carbocycles. The lowest BCUT2D eigenvalue weighted by molar-refractivity contribution is -0.371. The Morgan fingerprint density at radius 3 is 1.88 bits per heavy atom. The van der Waals surface area contributed by atoms with E-state index < -0.39 is 80.6 Å². The summed E-state index contributed by atoms with van der Waals surface area (Å²) in [5.74, 6) is -0.575. The van der Waals surface area contributed by atoms with Crippen molar-refractivity contribution in [2.45, 2.75) is 158 Å². The smallest absolute Gasteiger partial charge is 0.306 e. The second-order valence-corrected chi connectivity index (χ2v) is 11.7. The molecule has 4 aliphatic heterocycles. The third kappa shape index (κ3) is 10.5. The van der Waals surface area contributed by atoms with Crippen molar-refractivity contribution >= 4 is 5.97 Å². The van der Waals surface area contributed by atoms with Gasteiger partial charge in [-0.2, -0.15) is 0 Å². The average molecular weight is 605 g/mol. The van der Waals surface area contributed by atoms with Crippen LogP contribution in [0.4, 0.5) is 0 Å². The first-order valence-electron chi connectivity index (χ1n) is 15.7. The van der Waals surface area contributed by atoms with E-state index in [2.05, 4.69) is 12.2 Å². The maximum absolute atomic E-state index is 12.5. The molecule has 0 aromatic carbocycles. The van der Waals surface area contributed by atoms with Crippen LogP contribution in [0.1, 0.15) is 90.4 Å². The fourth-order valence-corrected chi connectivity index (χ4v) is 5.63. The van der Waals surface area contributed by atoms with Gasteiger partial charge in [-0.25, -0.2) is 0 Å². The van der Waals surface area contributed by atoms with Crippen LogP contribution in [0, 0.1) is 0 Å². The highest BCUT2D eigenvalue weighted by molar-refractivity contribution is 5.69. The van der Waals surface area contributed by atoms with Crippen LogP contribution in [0.5, 0.6) is 0 Å². The molecule has 11 atom stereocenters. The van der Waals surface area contributed by atoms with E-state index in [-0.39, 0.29) is 12.5 Å². The predicted molar refractivity (Wildman–Crippen MR) is 150 cm³/mol. The highest BCUT2D eigenvalue weighted by atomic mass is 16.8. The Bertz CT molecular complexity index is 794. The van der Waals surface area contributed by atoms with Gasteiger partial charge in [0.05, 0.1) is 19.3 Å². The third-order valence-electron chi connectivity index (χ3n) is 8.22. The monoisotopic (exact) mass is 604 g/mol. The Morgan fingerprint density at radius 1 is 0.643 bits per heavy atom. The van der Waals surface area contributed by atoms with Crippen molar-refractivity contribution in [3.8, 4) is 0 Å². The van der Waals surface area contributed by atoms with E-state index in [9.17, 15) is 35.4 Å². The standard InChI is InChI=1S/C30H52O12/c1-19-15-13-11-9-7-5-3-2-4-6-8-10-12-14-16-22(33)41-27-21(18-32)40-29(26(37)25(27)36)42-28-24(35)23(34)20(17-31)39-30(28)38-19/h2-3,19-21,23-32,34-37H,4-18H2,1H3/b3-2-/t19-,20+,21+,23+,24-,25+,26+,27+,28+,29?,30+/m0/s1. The molecule has 0 aromatic rings. The molecule has 2 bridgehead atoms. The maximum Gasteiger partial charge on any atom is 0.306 e. The van der Waals surface area contributed by atoms with Gasteiger partial charge in [0.25, 0.3) is 0 Å². The molecule has 0 spiro atoms. The van der Waals surface area contributed by atoms with Gasteiger partial charge in [0.2, 0.25) is 0 Å². The normalized spacial score (nSPS) is 41.9. The van der Waals surface area contributed by atoms with Crippen LogP contribution in [0.15, 0.2) is 12.2 Å². The predicted octanol–water partition coefficient (Wildman–Crippen LogP) is 1.21. The number of aliphatic hydroxyl groups is 6. The van der Waals surface area contributed by atoms with Crippen molar-refractivity contribution in [1.29, 1.82) is 0 Å². The van der Waals surface area contributed by atoms with Crippen molar-refractivity contribution in [3.05, 3.63) is 12.2 Å². The number of allylic oxidation sites excluding steroid dienone is 2. The van der Waals surface area contributed by atoms with E-state index in [1.807, 2.05) is 6.92 Å². The number of carbonyl (C=O) groups is 1. The molecule has 12 nitrogen and oxygen atoms in total. The summed E-state index contributed by atoms with van der Waals surface area (Å²) in [7, 11) is 0. The Kier molecular flexibility index (Phi) is 15.6. The SMILES string of the molecule is C[C@H]1CCCCCC/C=C\CCCCCCCC(=O)O[C@H]2[C@H](O)[C@@H](O)C(O[C@H]3[C@H](O1)O[C@H](CO)[C@@H](O)[C@@H]3O)O[C@@H]2CO. The molecule has 1 unspecified atom stereocenters. The molecule has 6 N–H and O–H groups in total. The zero-order chi connectivity index (χ0) is 30.5. The average Bonchev–Trinajstić information content (AvgIpc) is 2.97. The van der Waals surface area contributed by atoms with Gasteiger partial charge in [-0.15, -0.1) is 0 Å². The second kappa shape index (κ2) is 18.6. The topological polar surface area (TPSA) is 185 Å². The number of rotatable bonds is 2. The number of aliphatic hydroxyl groups excluding tert-OH is 6. The van der Waals surface area contributed by atoms with Gasteiger partial charge < -0.3 is 54.3 Å². The molecule has 0 aliphatic carbocycles. The molecule has 4 heterocycles. The van der Waals surface area contributed by atoms with Gasteiger partial charge >= 0.3 is 5.97 Å². The molecule has 0 amide bonds. The van der Waals surface area contributed by atoms with Crippen molar-refractivity contribution in [2.75, 3.05) is 13.2 Å². The van der Waals surface area contributed by atoms with Crippen molar-refractivity contribution in [1.82, 2.24) is 0 Å². The lowest BCUT2D eigenvalue weighted by Gasteiger charge is -2.46. The highest BCUT2D eigenvalue weighted by Crippen LogP contribution is 2.31. The van der Waals surface area contributed by atoms with E-state index >= 15 is 0 Å². The van der Waals surface area contributed by atoms with Gasteiger partial charge in [0.1, 0.15) is 42.7 Å². The van der Waals surface area contributed by atoms with Crippen molar-refractivity contribution in [3.63, 3.8) is 0 Å². The summed E-state index contributed by atoms with van der Waals surface area (Å²) in [4.78, 5) is 12.5. The Labute approximate surface area is 248 Å². The minimum Gasteiger partial charge on any atom is -0.457 e. The fraction of sp³-hybridized carbons (Fsp3) is 0.900. The molecule has 2 fully saturated rings. The summed E-state index contributed by atoms with van der Waals surface area (Å²) in [5, 5.41) is 62.6. The van der Waals surface area contributed by atoms with Gasteiger partial charge in [0, 0.05) is 6.42 Å². The van der Waals surface area contributed by atoms with Crippen LogP contribution in [0.2, 0.25) is 0 Å². The largest absolute Gasteiger partial charge is 0.457 e. The number of hydrogen-bond acceptors (Lipinski definition) is 12. The van der Waals surface area contributed by atoms with Crippen LogP contribution >= 0.6 is 0 Å². The summed E-state index contributed by atoms with van der Waals surface area (Å²) >= 11 is 0. The van der Waals surface area contributed by atoms with Crippen molar-refractivity contribution in [2.24, 2.45) is 0 Å². The van der Waals surface area contributed by atoms with Gasteiger partial charge in [-0.05, 0) is 45.4 Å². The van der Waals surface area contributed by atoms with E-state index in [1.165, 1.54) is 0 Å². The van der Waals surface area contributed by atoms with Crippen LogP contribution in [-0.4, -0.2) is 117 Å². The first kappa shape index (κ1) is 35.3. The van der Waals surface area contributed by atoms with Crippen LogP contribution in [-0.2, 0) is 28.5 Å². The minimum absolute atomic E-state index is 0.129. The Morgan fingerprint density at radius 2 is 1.21 bits per heavy atom. The van der Waals surface area contributed by atoms with Crippen LogP contribution < -0.4 is 0 Å². The summed E-state index contributed by atoms with van der Waals surface area (Å²) in [6, 6.07) is 0. The lowest BCUT2D eigenvalue weighted by atomic mass is 9.97. The van der Waals surface area contributed by atoms with Crippen LogP contribution in [0.25, 0.3) is 0 Å². The van der Waals surface area contributed by atoms with Crippen molar-refractivity contribution < 1.29 is 59.1 Å². The van der Waals surface area contributed by atoms with E-state index in [1.54, 1.807) is 0 Å². The van der Waals surface area contributed by atoms with Gasteiger partial charge in [0.15, 0.2) is 18.7 Å². The van der Waals surface area contributed by atoms with E-state index in [4.69, 9.17) is 23.7 Å². The zero-order valence-electron chi connectivity index (χ0n) is 24.7. The van der Waals surface area contributed by atoms with Crippen LogP contribution in [0.3, 0.4) is 0 Å². The molecule has 0 radical (unpaired) electrons. The number of carbonyl (C=O) groups excluding carboxylic acids is 1. The highest BCUT2D eigenvalue weighted by Gasteiger charge is 2.52. The molecule has 4 aliphatic rings. The minimum atomic E-state index is -1.73. The molecule has 2 saturated heterocycles. The summed E-state index contributed by atoms with van der Waals surface area (Å²) in [6.07, 6.45) is 1.47. The number of esters is 1. The third-order valence-corrected chi connectivity index (χ3v) is 8.22. The van der Waals surface area contributed by atoms with Gasteiger partial charge in [-0.3, -0.25) is 4.79 Å². The molecule has 4 rings (SSSR count). The van der Waals surface area contributed by atoms with E-state index in [0.29, 0.717) is 12.8 Å². The van der Waals surface area contributed by atoms with Gasteiger partial charge in [-0.1, -0.05) is 50.7 Å². The molecule has 12 heteroatoms. The van der Waals surface area contributed by atoms with E-state index in [0.717, 1.165) is 64.2 Å². The molecule has 244 valence electrons. The second-order valence-electron chi connectivity index (χ2n) is 11.7. The first-order valence-corrected chi connectivity index (χ1v) is 15.7. The summed E-state index contributed by atoms with van der Waals surface area (Å²) < 4.78 is 28.7. The quantitative estimate of drug-likeness (QED) is 0.196. The molecular formula is C30H52O12. The molecule has 0 aromatic heterocycles. The summed E-state index contributed by atoms with van der Waals surface area (Å²) in [5.41, 5.74) is 0. The first-order chi connectivity index (χ1) is 20.3. The number of ether oxygens (including phenoxy) is 5. The molecule has 42 heavy (non-hydrogen) atoms. The Hall–Kier alpha value is -1.19. The number of fused-ring (bicyclic) bond motifs is 19.